The van der Waals surface area contributed by atoms with Crippen molar-refractivity contribution in [2.75, 3.05) is 0 Å². The number of imidazole rings is 1. The van der Waals surface area contributed by atoms with Crippen LogP contribution in [-0.4, -0.2) is 14.5 Å². The number of nitrogens with zero attached hydrogens (tertiary/aromatic N) is 2. The van der Waals surface area contributed by atoms with Crippen molar-refractivity contribution in [2.24, 2.45) is 12.8 Å². The Hall–Kier alpha value is -2.07. The second-order valence-corrected chi connectivity index (χ2v) is 4.97. The van der Waals surface area contributed by atoms with Gasteiger partial charge in [0, 0.05) is 42.5 Å². The van der Waals surface area contributed by atoms with Crippen LogP contribution in [0.3, 0.4) is 0 Å². The minimum absolute atomic E-state index is 0.0616. The van der Waals surface area contributed by atoms with Gasteiger partial charge in [0.1, 0.15) is 5.82 Å². The van der Waals surface area contributed by atoms with Gasteiger partial charge in [0.2, 0.25) is 0 Å². The highest BCUT2D eigenvalue weighted by molar-refractivity contribution is 5.84. The summed E-state index contributed by atoms with van der Waals surface area (Å²) in [6, 6.07) is 8.23. The number of H-pyrrole nitrogens is 1. The molecule has 4 nitrogen and oxygen atoms in total. The van der Waals surface area contributed by atoms with Crippen LogP contribution in [0.1, 0.15) is 23.1 Å². The lowest BCUT2D eigenvalue weighted by Crippen LogP contribution is -2.17. The number of aromatic nitrogens is 3. The van der Waals surface area contributed by atoms with E-state index in [9.17, 15) is 0 Å². The van der Waals surface area contributed by atoms with Crippen molar-refractivity contribution in [3.63, 3.8) is 0 Å². The Balaban J connectivity index is 1.95. The van der Waals surface area contributed by atoms with E-state index >= 15 is 0 Å². The van der Waals surface area contributed by atoms with Crippen molar-refractivity contribution in [1.29, 1.82) is 0 Å². The van der Waals surface area contributed by atoms with Crippen molar-refractivity contribution in [3.8, 4) is 0 Å². The SMILES string of the molecule is Cc1c(C(N)Cc2nccn2C)[nH]c2ccccc12. The predicted octanol–water partition coefficient (Wildman–Crippen LogP) is 2.45. The van der Waals surface area contributed by atoms with E-state index in [0.717, 1.165) is 23.5 Å². The fraction of sp³-hybridized carbons (Fsp3) is 0.267. The van der Waals surface area contributed by atoms with Crippen LogP contribution < -0.4 is 5.73 Å². The molecule has 1 unspecified atom stereocenters. The number of para-hydroxylation sites is 1. The summed E-state index contributed by atoms with van der Waals surface area (Å²) in [6.07, 6.45) is 4.48. The van der Waals surface area contributed by atoms with Crippen LogP contribution in [0.5, 0.6) is 0 Å². The summed E-state index contributed by atoms with van der Waals surface area (Å²) >= 11 is 0. The van der Waals surface area contributed by atoms with Crippen LogP contribution in [0, 0.1) is 6.92 Å². The molecule has 0 aliphatic carbocycles. The highest BCUT2D eigenvalue weighted by atomic mass is 15.0. The third kappa shape index (κ3) is 2.04. The molecule has 0 fully saturated rings. The van der Waals surface area contributed by atoms with E-state index in [1.807, 2.05) is 23.9 Å². The summed E-state index contributed by atoms with van der Waals surface area (Å²) in [7, 11) is 1.99. The molecule has 2 aromatic heterocycles. The molecular weight excluding hydrogens is 236 g/mol. The van der Waals surface area contributed by atoms with Gasteiger partial charge in [-0.15, -0.1) is 0 Å². The molecule has 0 amide bonds. The summed E-state index contributed by atoms with van der Waals surface area (Å²) in [6.45, 7) is 2.12. The lowest BCUT2D eigenvalue weighted by Gasteiger charge is -2.11. The number of aromatic amines is 1. The molecule has 3 rings (SSSR count). The number of fused-ring (bicyclic) bond motifs is 1. The first kappa shape index (κ1) is 12.0. The third-order valence-electron chi connectivity index (χ3n) is 3.70. The molecule has 0 saturated carbocycles. The highest BCUT2D eigenvalue weighted by Gasteiger charge is 2.16. The molecule has 19 heavy (non-hydrogen) atoms. The van der Waals surface area contributed by atoms with Crippen LogP contribution in [-0.2, 0) is 13.5 Å². The lowest BCUT2D eigenvalue weighted by molar-refractivity contribution is 0.645. The van der Waals surface area contributed by atoms with E-state index in [2.05, 4.69) is 35.1 Å². The molecule has 1 atom stereocenters. The zero-order valence-electron chi connectivity index (χ0n) is 11.2. The molecule has 2 heterocycles. The second kappa shape index (κ2) is 4.55. The first-order valence-corrected chi connectivity index (χ1v) is 6.46. The Kier molecular flexibility index (Phi) is 2.87. The average molecular weight is 254 g/mol. The minimum Gasteiger partial charge on any atom is -0.357 e. The monoisotopic (exact) mass is 254 g/mol. The second-order valence-electron chi connectivity index (χ2n) is 4.97. The maximum absolute atomic E-state index is 6.34. The van der Waals surface area contributed by atoms with E-state index in [-0.39, 0.29) is 6.04 Å². The van der Waals surface area contributed by atoms with Gasteiger partial charge in [-0.3, -0.25) is 0 Å². The fourth-order valence-corrected chi connectivity index (χ4v) is 2.57. The maximum atomic E-state index is 6.34. The Morgan fingerprint density at radius 3 is 2.84 bits per heavy atom. The predicted molar refractivity (Wildman–Crippen MR) is 76.9 cm³/mol. The Labute approximate surface area is 112 Å². The fourth-order valence-electron chi connectivity index (χ4n) is 2.57. The number of nitrogens with one attached hydrogen (secondary N) is 1. The zero-order valence-corrected chi connectivity index (χ0v) is 11.2. The summed E-state index contributed by atoms with van der Waals surface area (Å²) in [4.78, 5) is 7.77. The van der Waals surface area contributed by atoms with Gasteiger partial charge in [-0.1, -0.05) is 18.2 Å². The molecule has 0 saturated heterocycles. The summed E-state index contributed by atoms with van der Waals surface area (Å²) in [5.41, 5.74) is 9.81. The van der Waals surface area contributed by atoms with E-state index in [1.54, 1.807) is 6.20 Å². The van der Waals surface area contributed by atoms with Gasteiger partial charge in [-0.25, -0.2) is 4.98 Å². The van der Waals surface area contributed by atoms with Crippen LogP contribution in [0.15, 0.2) is 36.7 Å². The van der Waals surface area contributed by atoms with Crippen molar-refractivity contribution < 1.29 is 0 Å². The summed E-state index contributed by atoms with van der Waals surface area (Å²) in [5, 5.41) is 1.24. The van der Waals surface area contributed by atoms with Crippen molar-refractivity contribution >= 4 is 10.9 Å². The molecule has 3 N–H and O–H groups in total. The third-order valence-corrected chi connectivity index (χ3v) is 3.70. The normalized spacial score (nSPS) is 13.0. The molecule has 1 aromatic carbocycles. The maximum Gasteiger partial charge on any atom is 0.110 e. The van der Waals surface area contributed by atoms with Crippen molar-refractivity contribution in [2.45, 2.75) is 19.4 Å². The molecule has 0 radical (unpaired) electrons. The number of benzene rings is 1. The molecular formula is C15H18N4. The molecule has 3 aromatic rings. The number of hydrogen-bond donors (Lipinski definition) is 2. The van der Waals surface area contributed by atoms with E-state index in [0.29, 0.717) is 0 Å². The Morgan fingerprint density at radius 1 is 1.37 bits per heavy atom. The molecule has 0 spiro atoms. The lowest BCUT2D eigenvalue weighted by atomic mass is 10.1. The van der Waals surface area contributed by atoms with Gasteiger partial charge in [-0.05, 0) is 18.6 Å². The molecule has 0 aliphatic heterocycles. The molecule has 98 valence electrons. The first-order chi connectivity index (χ1) is 9.16. The van der Waals surface area contributed by atoms with Gasteiger partial charge < -0.3 is 15.3 Å². The molecule has 4 heteroatoms. The van der Waals surface area contributed by atoms with Gasteiger partial charge >= 0.3 is 0 Å². The van der Waals surface area contributed by atoms with Crippen LogP contribution >= 0.6 is 0 Å². The zero-order chi connectivity index (χ0) is 13.4. The topological polar surface area (TPSA) is 59.6 Å². The van der Waals surface area contributed by atoms with Gasteiger partial charge in [-0.2, -0.15) is 0 Å². The summed E-state index contributed by atoms with van der Waals surface area (Å²) < 4.78 is 2.01. The van der Waals surface area contributed by atoms with Gasteiger partial charge in [0.05, 0.1) is 6.04 Å². The van der Waals surface area contributed by atoms with Crippen LogP contribution in [0.4, 0.5) is 0 Å². The largest absolute Gasteiger partial charge is 0.357 e. The molecule has 0 bridgehead atoms. The van der Waals surface area contributed by atoms with Gasteiger partial charge in [0.15, 0.2) is 0 Å². The van der Waals surface area contributed by atoms with Crippen LogP contribution in [0.25, 0.3) is 10.9 Å². The van der Waals surface area contributed by atoms with E-state index < -0.39 is 0 Å². The standard InChI is InChI=1S/C15H18N4/c1-10-11-5-3-4-6-13(11)18-15(10)12(16)9-14-17-7-8-19(14)2/h3-8,12,18H,9,16H2,1-2H3. The quantitative estimate of drug-likeness (QED) is 0.754. The Bertz CT molecular complexity index is 708. The number of nitrogens with two attached hydrogens (primary N) is 1. The summed E-state index contributed by atoms with van der Waals surface area (Å²) in [5.74, 6) is 1.01. The number of rotatable bonds is 3. The first-order valence-electron chi connectivity index (χ1n) is 6.46. The van der Waals surface area contributed by atoms with E-state index in [4.69, 9.17) is 5.73 Å². The van der Waals surface area contributed by atoms with Crippen LogP contribution in [0.2, 0.25) is 0 Å². The minimum atomic E-state index is -0.0616. The van der Waals surface area contributed by atoms with E-state index in [1.165, 1.54) is 10.9 Å². The molecule has 0 aliphatic rings. The van der Waals surface area contributed by atoms with Crippen molar-refractivity contribution in [1.82, 2.24) is 14.5 Å². The smallest absolute Gasteiger partial charge is 0.110 e. The Morgan fingerprint density at radius 2 is 2.16 bits per heavy atom. The van der Waals surface area contributed by atoms with Crippen molar-refractivity contribution in [3.05, 3.63) is 53.7 Å². The number of hydrogen-bond acceptors (Lipinski definition) is 2. The number of aryl methyl sites for hydroxylation is 2. The average Bonchev–Trinajstić information content (AvgIpc) is 2.95. The van der Waals surface area contributed by atoms with Gasteiger partial charge in [0.25, 0.3) is 0 Å². The highest BCUT2D eigenvalue weighted by Crippen LogP contribution is 2.26.